The Morgan fingerprint density at radius 1 is 1.38 bits per heavy atom. The van der Waals surface area contributed by atoms with Crippen molar-refractivity contribution >= 4 is 23.7 Å². The monoisotopic (exact) mass is 292 g/mol. The fourth-order valence-corrected chi connectivity index (χ4v) is 1.31. The summed E-state index contributed by atoms with van der Waals surface area (Å²) in [5.41, 5.74) is 2.41. The van der Waals surface area contributed by atoms with E-state index in [0.29, 0.717) is 12.1 Å². The molecule has 1 aromatic carbocycles. The highest BCUT2D eigenvalue weighted by Crippen LogP contribution is 2.11. The summed E-state index contributed by atoms with van der Waals surface area (Å²) in [5.74, 6) is -1.44. The Hall–Kier alpha value is -2.77. The lowest BCUT2D eigenvalue weighted by Gasteiger charge is -2.05. The van der Waals surface area contributed by atoms with Crippen LogP contribution >= 0.6 is 0 Å². The number of hydrogen-bond donors (Lipinski definition) is 2. The molecule has 1 rings (SSSR count). The molecule has 0 aliphatic carbocycles. The van der Waals surface area contributed by atoms with E-state index >= 15 is 0 Å². The molecule has 0 atom stereocenters. The summed E-state index contributed by atoms with van der Waals surface area (Å²) in [4.78, 5) is 32.8. The van der Waals surface area contributed by atoms with Crippen LogP contribution in [0.5, 0.6) is 0 Å². The van der Waals surface area contributed by atoms with Crippen LogP contribution in [0.3, 0.4) is 0 Å². The molecular weight excluding hydrogens is 276 g/mol. The van der Waals surface area contributed by atoms with Gasteiger partial charge in [0.15, 0.2) is 0 Å². The van der Waals surface area contributed by atoms with E-state index in [1.54, 1.807) is 6.07 Å². The van der Waals surface area contributed by atoms with Crippen molar-refractivity contribution in [1.82, 2.24) is 10.7 Å². The Balaban J connectivity index is 2.54. The highest BCUT2D eigenvalue weighted by Gasteiger charge is 2.12. The van der Waals surface area contributed by atoms with Gasteiger partial charge in [0.2, 0.25) is 0 Å². The van der Waals surface area contributed by atoms with E-state index < -0.39 is 16.7 Å². The molecule has 0 unspecified atom stereocenters. The number of carbonyl (C=O) groups is 2. The molecule has 1 aromatic rings. The molecule has 0 aliphatic rings. The van der Waals surface area contributed by atoms with Crippen LogP contribution in [0.15, 0.2) is 29.4 Å². The van der Waals surface area contributed by atoms with Gasteiger partial charge in [-0.05, 0) is 5.92 Å². The lowest BCUT2D eigenvalue weighted by molar-refractivity contribution is -0.384. The summed E-state index contributed by atoms with van der Waals surface area (Å²) in [5, 5.41) is 16.6. The van der Waals surface area contributed by atoms with E-state index in [2.05, 4.69) is 15.8 Å². The summed E-state index contributed by atoms with van der Waals surface area (Å²) in [6, 6.07) is 5.72. The molecule has 0 saturated carbocycles. The fourth-order valence-electron chi connectivity index (χ4n) is 1.31. The molecule has 8 heteroatoms. The van der Waals surface area contributed by atoms with Crippen molar-refractivity contribution in [3.63, 3.8) is 0 Å². The minimum absolute atomic E-state index is 0.0834. The van der Waals surface area contributed by atoms with Crippen molar-refractivity contribution in [2.45, 2.75) is 13.8 Å². The van der Waals surface area contributed by atoms with Gasteiger partial charge in [-0.25, -0.2) is 5.43 Å². The maximum absolute atomic E-state index is 11.4. The highest BCUT2D eigenvalue weighted by molar-refractivity contribution is 6.35. The molecule has 2 amide bonds. The van der Waals surface area contributed by atoms with Crippen LogP contribution in [0.1, 0.15) is 19.4 Å². The van der Waals surface area contributed by atoms with E-state index in [9.17, 15) is 19.7 Å². The van der Waals surface area contributed by atoms with Gasteiger partial charge in [-0.15, -0.1) is 0 Å². The van der Waals surface area contributed by atoms with Crippen LogP contribution in [0, 0.1) is 16.0 Å². The molecule has 0 radical (unpaired) electrons. The summed E-state index contributed by atoms with van der Waals surface area (Å²) in [6.07, 6.45) is 1.22. The third-order valence-electron chi connectivity index (χ3n) is 2.34. The fraction of sp³-hybridized carbons (Fsp3) is 0.308. The molecule has 112 valence electrons. The Morgan fingerprint density at radius 2 is 2.10 bits per heavy atom. The molecule has 8 nitrogen and oxygen atoms in total. The van der Waals surface area contributed by atoms with Crippen LogP contribution in [-0.4, -0.2) is 29.5 Å². The number of benzene rings is 1. The number of rotatable bonds is 5. The third kappa shape index (κ3) is 5.81. The topological polar surface area (TPSA) is 114 Å². The number of nitro benzene ring substituents is 1. The van der Waals surface area contributed by atoms with E-state index in [-0.39, 0.29) is 11.6 Å². The second-order valence-electron chi connectivity index (χ2n) is 4.66. The van der Waals surface area contributed by atoms with Crippen molar-refractivity contribution in [2.75, 3.05) is 6.54 Å². The highest BCUT2D eigenvalue weighted by atomic mass is 16.6. The lowest BCUT2D eigenvalue weighted by Crippen LogP contribution is -2.39. The standard InChI is InChI=1S/C13H16N4O4/c1-9(2)7-14-12(18)13(19)16-15-8-10-4-3-5-11(6-10)17(20)21/h3-6,8-9H,7H2,1-2H3,(H,14,18)(H,16,19)/b15-8+. The number of nitrogens with one attached hydrogen (secondary N) is 2. The predicted molar refractivity (Wildman–Crippen MR) is 76.7 cm³/mol. The van der Waals surface area contributed by atoms with E-state index in [4.69, 9.17) is 0 Å². The summed E-state index contributed by atoms with van der Waals surface area (Å²) in [7, 11) is 0. The van der Waals surface area contributed by atoms with Gasteiger partial charge >= 0.3 is 11.8 Å². The van der Waals surface area contributed by atoms with Crippen LogP contribution < -0.4 is 10.7 Å². The van der Waals surface area contributed by atoms with Gasteiger partial charge in [0.25, 0.3) is 5.69 Å². The van der Waals surface area contributed by atoms with Gasteiger partial charge in [0, 0.05) is 24.2 Å². The molecule has 0 fully saturated rings. The first-order valence-corrected chi connectivity index (χ1v) is 6.26. The molecule has 21 heavy (non-hydrogen) atoms. The number of hydrazone groups is 1. The van der Waals surface area contributed by atoms with Gasteiger partial charge in [0.05, 0.1) is 11.1 Å². The minimum atomic E-state index is -0.891. The Kier molecular flexibility index (Phi) is 5.99. The molecule has 2 N–H and O–H groups in total. The zero-order valence-electron chi connectivity index (χ0n) is 11.7. The Morgan fingerprint density at radius 3 is 2.71 bits per heavy atom. The van der Waals surface area contributed by atoms with Crippen LogP contribution in [0.25, 0.3) is 0 Å². The van der Waals surface area contributed by atoms with Gasteiger partial charge < -0.3 is 5.32 Å². The summed E-state index contributed by atoms with van der Waals surface area (Å²) < 4.78 is 0. The van der Waals surface area contributed by atoms with E-state index in [1.807, 2.05) is 13.8 Å². The number of nitro groups is 1. The normalized spacial score (nSPS) is 10.6. The average molecular weight is 292 g/mol. The van der Waals surface area contributed by atoms with Crippen molar-refractivity contribution in [2.24, 2.45) is 11.0 Å². The van der Waals surface area contributed by atoms with Crippen molar-refractivity contribution in [1.29, 1.82) is 0 Å². The van der Waals surface area contributed by atoms with Gasteiger partial charge in [-0.3, -0.25) is 19.7 Å². The maximum Gasteiger partial charge on any atom is 0.329 e. The largest absolute Gasteiger partial charge is 0.348 e. The van der Waals surface area contributed by atoms with Crippen LogP contribution in [0.4, 0.5) is 5.69 Å². The number of amides is 2. The predicted octanol–water partition coefficient (Wildman–Crippen LogP) is 0.817. The van der Waals surface area contributed by atoms with E-state index in [1.165, 1.54) is 24.4 Å². The third-order valence-corrected chi connectivity index (χ3v) is 2.34. The minimum Gasteiger partial charge on any atom is -0.348 e. The number of carbonyl (C=O) groups excluding carboxylic acids is 2. The number of hydrogen-bond acceptors (Lipinski definition) is 5. The van der Waals surface area contributed by atoms with Crippen LogP contribution in [-0.2, 0) is 9.59 Å². The molecular formula is C13H16N4O4. The average Bonchev–Trinajstić information content (AvgIpc) is 2.44. The van der Waals surface area contributed by atoms with Crippen molar-refractivity contribution in [3.8, 4) is 0 Å². The van der Waals surface area contributed by atoms with E-state index in [0.717, 1.165) is 0 Å². The maximum atomic E-state index is 11.4. The molecule has 0 aliphatic heterocycles. The zero-order chi connectivity index (χ0) is 15.8. The molecule has 0 heterocycles. The number of non-ortho nitro benzene ring substituents is 1. The first-order valence-electron chi connectivity index (χ1n) is 6.26. The SMILES string of the molecule is CC(C)CNC(=O)C(=O)N/N=C/c1cccc([N+](=O)[O-])c1. The van der Waals surface area contributed by atoms with Gasteiger partial charge in [-0.1, -0.05) is 26.0 Å². The smallest absolute Gasteiger partial charge is 0.329 e. The van der Waals surface area contributed by atoms with Crippen LogP contribution in [0.2, 0.25) is 0 Å². The summed E-state index contributed by atoms with van der Waals surface area (Å²) >= 11 is 0. The van der Waals surface area contributed by atoms with Crippen molar-refractivity contribution < 1.29 is 14.5 Å². The second kappa shape index (κ2) is 7.73. The zero-order valence-corrected chi connectivity index (χ0v) is 11.7. The van der Waals surface area contributed by atoms with Gasteiger partial charge in [0.1, 0.15) is 0 Å². The summed E-state index contributed by atoms with van der Waals surface area (Å²) in [6.45, 7) is 4.19. The number of nitrogens with zero attached hydrogens (tertiary/aromatic N) is 2. The van der Waals surface area contributed by atoms with Crippen molar-refractivity contribution in [3.05, 3.63) is 39.9 Å². The molecule has 0 aromatic heterocycles. The Bertz CT molecular complexity index is 569. The first kappa shape index (κ1) is 16.3. The quantitative estimate of drug-likeness (QED) is 0.362. The first-order chi connectivity index (χ1) is 9.90. The van der Waals surface area contributed by atoms with Gasteiger partial charge in [-0.2, -0.15) is 5.10 Å². The molecule has 0 saturated heterocycles. The molecule has 0 bridgehead atoms. The second-order valence-corrected chi connectivity index (χ2v) is 4.66. The Labute approximate surface area is 121 Å². The lowest BCUT2D eigenvalue weighted by atomic mass is 10.2. The molecule has 0 spiro atoms.